The minimum absolute atomic E-state index is 0.0333. The van der Waals surface area contributed by atoms with E-state index in [-0.39, 0.29) is 25.0 Å². The average molecular weight is 677 g/mol. The molecule has 47 heavy (non-hydrogen) atoms. The Morgan fingerprint density at radius 2 is 1.30 bits per heavy atom. The zero-order valence-electron chi connectivity index (χ0n) is 29.2. The summed E-state index contributed by atoms with van der Waals surface area (Å²) in [5, 5.41) is 11.0. The van der Waals surface area contributed by atoms with Gasteiger partial charge < -0.3 is 18.8 Å². The van der Waals surface area contributed by atoms with Crippen molar-refractivity contribution >= 4 is 38.3 Å². The first-order valence-electron chi connectivity index (χ1n) is 18.6. The van der Waals surface area contributed by atoms with E-state index >= 15 is 0 Å². The Hall–Kier alpha value is -2.63. The molecule has 4 aliphatic rings. The Kier molecular flexibility index (Phi) is 14.4. The van der Waals surface area contributed by atoms with Crippen molar-refractivity contribution in [2.45, 2.75) is 141 Å². The zero-order valence-corrected chi connectivity index (χ0v) is 30.2. The largest absolute Gasteiger partial charge is 0.464 e. The number of nitrogens with one attached hydrogen (secondary N) is 2. The van der Waals surface area contributed by atoms with Crippen LogP contribution in [0.4, 0.5) is 9.59 Å². The molecule has 1 heterocycles. The molecule has 2 atom stereocenters. The molecule has 0 aromatic heterocycles. The molecule has 4 rings (SSSR count). The lowest BCUT2D eigenvalue weighted by molar-refractivity contribution is -0.169. The van der Waals surface area contributed by atoms with Gasteiger partial charge in [-0.1, -0.05) is 77.8 Å². The first-order valence-corrected chi connectivity index (χ1v) is 21.7. The molecule has 2 N–H and O–H groups in total. The standard InChI is InChI=1S/C35H60N4O7Si/c1-4-47(2,3)39-30(32(41)44-23-26-15-8-5-9-16-26)29(31(39)40)21-14-22-38(35(43)46-25-28-19-12-7-13-20-28)33(36)37-34(42)45-24-27-17-10-6-11-18-27/h26-30H,4-25H2,1-3H3,(H2,36,37,42)/t29-,30?/m1/s1. The number of alkyl carbamates (subject to hydrolysis) is 1. The summed E-state index contributed by atoms with van der Waals surface area (Å²) in [6.45, 7) is 7.30. The van der Waals surface area contributed by atoms with Crippen molar-refractivity contribution in [3.05, 3.63) is 0 Å². The number of nitrogens with zero attached hydrogens (tertiary/aromatic N) is 2. The van der Waals surface area contributed by atoms with Crippen LogP contribution >= 0.6 is 0 Å². The minimum atomic E-state index is -2.15. The summed E-state index contributed by atoms with van der Waals surface area (Å²) in [4.78, 5) is 54.0. The van der Waals surface area contributed by atoms with E-state index in [0.717, 1.165) is 88.0 Å². The van der Waals surface area contributed by atoms with Crippen molar-refractivity contribution in [2.24, 2.45) is 23.7 Å². The van der Waals surface area contributed by atoms with Gasteiger partial charge in [0, 0.05) is 6.54 Å². The average Bonchev–Trinajstić information content (AvgIpc) is 3.08. The molecule has 1 saturated heterocycles. The number of hydrogen-bond acceptors (Lipinski definition) is 8. The van der Waals surface area contributed by atoms with E-state index in [1.54, 1.807) is 0 Å². The molecule has 0 bridgehead atoms. The number of hydrogen-bond donors (Lipinski definition) is 2. The molecule has 11 nitrogen and oxygen atoms in total. The van der Waals surface area contributed by atoms with Gasteiger partial charge in [-0.25, -0.2) is 19.3 Å². The van der Waals surface area contributed by atoms with E-state index in [1.807, 2.05) is 4.57 Å². The summed E-state index contributed by atoms with van der Waals surface area (Å²) in [7, 11) is -2.15. The van der Waals surface area contributed by atoms with Crippen molar-refractivity contribution in [2.75, 3.05) is 26.4 Å². The third kappa shape index (κ3) is 10.7. The Labute approximate surface area is 282 Å². The van der Waals surface area contributed by atoms with Gasteiger partial charge in [-0.15, -0.1) is 0 Å². The van der Waals surface area contributed by atoms with Crippen molar-refractivity contribution in [3.8, 4) is 0 Å². The zero-order chi connectivity index (χ0) is 33.8. The normalized spacial score (nSPS) is 23.0. The van der Waals surface area contributed by atoms with Crippen LogP contribution in [0.3, 0.4) is 0 Å². The van der Waals surface area contributed by atoms with Gasteiger partial charge in [0.1, 0.15) is 6.04 Å². The number of ether oxygens (including phenoxy) is 3. The SMILES string of the molecule is CC[Si](C)(C)N1C(=O)[C@H](CCCN(C(=N)NC(=O)OCC2CCCCC2)C(=O)OCC2CCCCC2)C1C(=O)OCC1CCCCC1. The molecule has 4 fully saturated rings. The van der Waals surface area contributed by atoms with Gasteiger partial charge in [0.25, 0.3) is 0 Å². The van der Waals surface area contributed by atoms with E-state index in [2.05, 4.69) is 25.3 Å². The molecule has 12 heteroatoms. The van der Waals surface area contributed by atoms with E-state index in [9.17, 15) is 19.2 Å². The van der Waals surface area contributed by atoms with Gasteiger partial charge >= 0.3 is 18.2 Å². The van der Waals surface area contributed by atoms with Crippen LogP contribution in [0, 0.1) is 29.1 Å². The quantitative estimate of drug-likeness (QED) is 0.0525. The maximum absolute atomic E-state index is 13.5. The Balaban J connectivity index is 1.36. The van der Waals surface area contributed by atoms with Crippen molar-refractivity contribution in [1.82, 2.24) is 14.8 Å². The van der Waals surface area contributed by atoms with E-state index in [0.29, 0.717) is 43.8 Å². The summed E-state index contributed by atoms with van der Waals surface area (Å²) in [6, 6.07) is 0.213. The van der Waals surface area contributed by atoms with Gasteiger partial charge in [0.2, 0.25) is 11.9 Å². The lowest BCUT2D eigenvalue weighted by atomic mass is 9.86. The molecule has 3 aliphatic carbocycles. The number of β-lactam (4-membered cyclic amide) rings is 1. The highest BCUT2D eigenvalue weighted by atomic mass is 28.3. The molecule has 1 aliphatic heterocycles. The van der Waals surface area contributed by atoms with Gasteiger partial charge in [0.05, 0.1) is 25.7 Å². The monoisotopic (exact) mass is 676 g/mol. The number of guanidine groups is 1. The second-order valence-electron chi connectivity index (χ2n) is 15.0. The smallest absolute Gasteiger partial charge is 0.416 e. The number of carbonyl (C=O) groups is 4. The molecule has 3 saturated carbocycles. The molecular weight excluding hydrogens is 616 g/mol. The Morgan fingerprint density at radius 1 is 0.809 bits per heavy atom. The fraction of sp³-hybridized carbons (Fsp3) is 0.857. The number of rotatable bonds is 13. The fourth-order valence-electron chi connectivity index (χ4n) is 7.72. The summed E-state index contributed by atoms with van der Waals surface area (Å²) < 4.78 is 18.7. The van der Waals surface area contributed by atoms with Crippen molar-refractivity contribution < 1.29 is 33.4 Å². The maximum atomic E-state index is 13.5. The third-order valence-corrected chi connectivity index (χ3v) is 14.6. The Morgan fingerprint density at radius 3 is 1.81 bits per heavy atom. The number of amides is 3. The summed E-state index contributed by atoms with van der Waals surface area (Å²) >= 11 is 0. The van der Waals surface area contributed by atoms with Crippen molar-refractivity contribution in [1.29, 1.82) is 5.41 Å². The molecule has 0 radical (unpaired) electrons. The summed E-state index contributed by atoms with van der Waals surface area (Å²) in [5.41, 5.74) is 0. The van der Waals surface area contributed by atoms with Crippen LogP contribution in [-0.2, 0) is 23.8 Å². The highest BCUT2D eigenvalue weighted by Crippen LogP contribution is 2.38. The van der Waals surface area contributed by atoms with E-state index in [1.165, 1.54) is 19.3 Å². The molecule has 266 valence electrons. The van der Waals surface area contributed by atoms with Crippen LogP contribution in [-0.4, -0.2) is 80.1 Å². The predicted octanol–water partition coefficient (Wildman–Crippen LogP) is 7.20. The predicted molar refractivity (Wildman–Crippen MR) is 182 cm³/mol. The summed E-state index contributed by atoms with van der Waals surface area (Å²) in [5.74, 6) is -0.299. The third-order valence-electron chi connectivity index (χ3n) is 11.1. The van der Waals surface area contributed by atoms with E-state index in [4.69, 9.17) is 19.6 Å². The molecule has 0 spiro atoms. The summed E-state index contributed by atoms with van der Waals surface area (Å²) in [6.07, 6.45) is 15.9. The fourth-order valence-corrected chi connectivity index (χ4v) is 9.86. The highest BCUT2D eigenvalue weighted by Gasteiger charge is 2.56. The van der Waals surface area contributed by atoms with Crippen molar-refractivity contribution in [3.63, 3.8) is 0 Å². The first kappa shape index (κ1) is 37.2. The molecule has 0 aromatic rings. The second-order valence-corrected chi connectivity index (χ2v) is 19.8. The Bertz CT molecular complexity index is 1070. The molecule has 3 amide bonds. The first-order chi connectivity index (χ1) is 22.6. The van der Waals surface area contributed by atoms with Crippen LogP contribution in [0.25, 0.3) is 0 Å². The lowest BCUT2D eigenvalue weighted by Crippen LogP contribution is -2.72. The topological polar surface area (TPSA) is 138 Å². The van der Waals surface area contributed by atoms with Gasteiger partial charge in [-0.2, -0.15) is 0 Å². The number of esters is 1. The molecule has 0 aromatic carbocycles. The van der Waals surface area contributed by atoms with Crippen LogP contribution in [0.15, 0.2) is 0 Å². The second kappa shape index (κ2) is 18.2. The van der Waals surface area contributed by atoms with Crippen LogP contribution < -0.4 is 5.32 Å². The molecule has 1 unspecified atom stereocenters. The lowest BCUT2D eigenvalue weighted by Gasteiger charge is -2.53. The van der Waals surface area contributed by atoms with Gasteiger partial charge in [-0.3, -0.25) is 15.5 Å². The van der Waals surface area contributed by atoms with Crippen LogP contribution in [0.5, 0.6) is 0 Å². The minimum Gasteiger partial charge on any atom is -0.464 e. The maximum Gasteiger partial charge on any atom is 0.416 e. The van der Waals surface area contributed by atoms with Crippen LogP contribution in [0.2, 0.25) is 19.1 Å². The molecular formula is C35H60N4O7Si. The van der Waals surface area contributed by atoms with Gasteiger partial charge in [-0.05, 0) is 75.2 Å². The van der Waals surface area contributed by atoms with Crippen LogP contribution in [0.1, 0.15) is 116 Å². The number of carbonyl (C=O) groups excluding carboxylic acids is 4. The van der Waals surface area contributed by atoms with Gasteiger partial charge in [0.15, 0.2) is 8.24 Å². The van der Waals surface area contributed by atoms with E-state index < -0.39 is 38.3 Å². The highest BCUT2D eigenvalue weighted by molar-refractivity contribution is 6.77.